The van der Waals surface area contributed by atoms with Crippen molar-refractivity contribution in [3.63, 3.8) is 0 Å². The van der Waals surface area contributed by atoms with Gasteiger partial charge in [-0.3, -0.25) is 0 Å². The van der Waals surface area contributed by atoms with Crippen LogP contribution in [0.2, 0.25) is 0 Å². The van der Waals surface area contributed by atoms with Gasteiger partial charge in [0, 0.05) is 11.3 Å². The fraction of sp³-hybridized carbons (Fsp3) is 0.222. The molecule has 0 fully saturated rings. The summed E-state index contributed by atoms with van der Waals surface area (Å²) in [6.45, 7) is 1.89. The van der Waals surface area contributed by atoms with Crippen LogP contribution >= 0.6 is 11.8 Å². The molecule has 1 N–H and O–H groups in total. The van der Waals surface area contributed by atoms with Crippen LogP contribution in [0.1, 0.15) is 31.8 Å². The second-order valence-electron chi connectivity index (χ2n) is 5.16. The van der Waals surface area contributed by atoms with Crippen LogP contribution < -0.4 is 9.47 Å². The van der Waals surface area contributed by atoms with Crippen LogP contribution in [0.15, 0.2) is 36.4 Å². The van der Waals surface area contributed by atoms with Gasteiger partial charge in [0.1, 0.15) is 0 Å². The molecule has 24 heavy (non-hydrogen) atoms. The molecule has 0 heterocycles. The fourth-order valence-electron chi connectivity index (χ4n) is 2.24. The molecule has 0 aliphatic rings. The number of esters is 1. The average molecular weight is 346 g/mol. The molecule has 0 aliphatic heterocycles. The first-order valence-corrected chi connectivity index (χ1v) is 8.57. The summed E-state index contributed by atoms with van der Waals surface area (Å²) in [7, 11) is 1.41. The van der Waals surface area contributed by atoms with Gasteiger partial charge in [-0.2, -0.15) is 11.8 Å². The number of ether oxygens (including phenoxy) is 2. The Labute approximate surface area is 144 Å². The Morgan fingerprint density at radius 1 is 1.17 bits per heavy atom. The van der Waals surface area contributed by atoms with Gasteiger partial charge < -0.3 is 14.6 Å². The topological polar surface area (TPSA) is 72.8 Å². The Morgan fingerprint density at radius 2 is 1.92 bits per heavy atom. The SMILES string of the molecule is COc1cc(C(=O)O)cc(CSC)c1OC(=O)c1cccc(C)c1. The molecule has 5 nitrogen and oxygen atoms in total. The third-order valence-corrected chi connectivity index (χ3v) is 3.95. The first-order chi connectivity index (χ1) is 11.5. The van der Waals surface area contributed by atoms with Gasteiger partial charge in [-0.25, -0.2) is 9.59 Å². The van der Waals surface area contributed by atoms with Gasteiger partial charge in [-0.1, -0.05) is 17.7 Å². The minimum absolute atomic E-state index is 0.0891. The zero-order valence-corrected chi connectivity index (χ0v) is 14.5. The summed E-state index contributed by atoms with van der Waals surface area (Å²) in [4.78, 5) is 23.7. The number of aryl methyl sites for hydroxylation is 1. The Bertz CT molecular complexity index is 770. The molecular weight excluding hydrogens is 328 g/mol. The summed E-state index contributed by atoms with van der Waals surface area (Å²) in [5.41, 5.74) is 2.06. The molecule has 0 aliphatic carbocycles. The number of hydrogen-bond acceptors (Lipinski definition) is 5. The van der Waals surface area contributed by atoms with E-state index in [0.29, 0.717) is 16.9 Å². The molecule has 2 aromatic carbocycles. The molecule has 0 atom stereocenters. The number of aromatic carboxylic acids is 1. The van der Waals surface area contributed by atoms with Crippen LogP contribution in [0.5, 0.6) is 11.5 Å². The van der Waals surface area contributed by atoms with Crippen LogP contribution in [0.4, 0.5) is 0 Å². The van der Waals surface area contributed by atoms with E-state index in [1.165, 1.54) is 31.0 Å². The molecule has 0 saturated heterocycles. The lowest BCUT2D eigenvalue weighted by atomic mass is 10.1. The van der Waals surface area contributed by atoms with Gasteiger partial charge in [-0.15, -0.1) is 0 Å². The first kappa shape index (κ1) is 17.9. The monoisotopic (exact) mass is 346 g/mol. The molecule has 2 rings (SSSR count). The van der Waals surface area contributed by atoms with Crippen molar-refractivity contribution in [2.24, 2.45) is 0 Å². The van der Waals surface area contributed by atoms with Crippen molar-refractivity contribution in [1.29, 1.82) is 0 Å². The number of thioether (sulfide) groups is 1. The summed E-state index contributed by atoms with van der Waals surface area (Å²) in [6, 6.07) is 9.92. The number of carboxylic acid groups (broad SMARTS) is 1. The molecule has 126 valence electrons. The summed E-state index contributed by atoms with van der Waals surface area (Å²) in [5, 5.41) is 9.21. The third kappa shape index (κ3) is 4.08. The van der Waals surface area contributed by atoms with E-state index in [0.717, 1.165) is 5.56 Å². The second kappa shape index (κ2) is 7.88. The quantitative estimate of drug-likeness (QED) is 0.634. The molecule has 0 spiro atoms. The summed E-state index contributed by atoms with van der Waals surface area (Å²) in [6.07, 6.45) is 1.88. The van der Waals surface area contributed by atoms with E-state index in [1.807, 2.05) is 19.2 Å². The minimum Gasteiger partial charge on any atom is -0.493 e. The van der Waals surface area contributed by atoms with Gasteiger partial charge in [-0.05, 0) is 37.4 Å². The maximum Gasteiger partial charge on any atom is 0.343 e. The van der Waals surface area contributed by atoms with Crippen molar-refractivity contribution in [2.75, 3.05) is 13.4 Å². The highest BCUT2D eigenvalue weighted by Gasteiger charge is 2.19. The average Bonchev–Trinajstić information content (AvgIpc) is 2.56. The largest absolute Gasteiger partial charge is 0.493 e. The number of methoxy groups -OCH3 is 1. The van der Waals surface area contributed by atoms with Crippen molar-refractivity contribution >= 4 is 23.7 Å². The third-order valence-electron chi connectivity index (χ3n) is 3.35. The van der Waals surface area contributed by atoms with E-state index in [9.17, 15) is 14.7 Å². The lowest BCUT2D eigenvalue weighted by Crippen LogP contribution is -2.12. The maximum atomic E-state index is 12.4. The van der Waals surface area contributed by atoms with Gasteiger partial charge in [0.2, 0.25) is 0 Å². The molecule has 6 heteroatoms. The molecular formula is C18H18O5S. The Balaban J connectivity index is 2.44. The van der Waals surface area contributed by atoms with Crippen LogP contribution in [-0.4, -0.2) is 30.4 Å². The van der Waals surface area contributed by atoms with Crippen LogP contribution in [0.3, 0.4) is 0 Å². The predicted octanol–water partition coefficient (Wildman–Crippen LogP) is 3.78. The number of rotatable bonds is 6. The number of carboxylic acids is 1. The minimum atomic E-state index is -1.06. The van der Waals surface area contributed by atoms with Gasteiger partial charge in [0.25, 0.3) is 0 Å². The molecule has 2 aromatic rings. The van der Waals surface area contributed by atoms with Crippen LogP contribution in [-0.2, 0) is 5.75 Å². The maximum absolute atomic E-state index is 12.4. The zero-order valence-electron chi connectivity index (χ0n) is 13.7. The van der Waals surface area contributed by atoms with E-state index in [1.54, 1.807) is 18.2 Å². The fourth-order valence-corrected chi connectivity index (χ4v) is 2.76. The van der Waals surface area contributed by atoms with Crippen molar-refractivity contribution in [3.8, 4) is 11.5 Å². The van der Waals surface area contributed by atoms with Crippen molar-refractivity contribution in [1.82, 2.24) is 0 Å². The number of hydrogen-bond donors (Lipinski definition) is 1. The number of carbonyl (C=O) groups excluding carboxylic acids is 1. The van der Waals surface area contributed by atoms with Gasteiger partial charge >= 0.3 is 11.9 Å². The van der Waals surface area contributed by atoms with E-state index in [4.69, 9.17) is 9.47 Å². The smallest absolute Gasteiger partial charge is 0.343 e. The number of benzene rings is 2. The van der Waals surface area contributed by atoms with Gasteiger partial charge in [0.05, 0.1) is 18.2 Å². The van der Waals surface area contributed by atoms with Crippen molar-refractivity contribution < 1.29 is 24.2 Å². The lowest BCUT2D eigenvalue weighted by molar-refractivity contribution is 0.0696. The second-order valence-corrected chi connectivity index (χ2v) is 6.03. The lowest BCUT2D eigenvalue weighted by Gasteiger charge is -2.15. The summed E-state index contributed by atoms with van der Waals surface area (Å²) in [5.74, 6) is -0.605. The molecule has 0 saturated carbocycles. The molecule has 0 bridgehead atoms. The van der Waals surface area contributed by atoms with Crippen LogP contribution in [0, 0.1) is 6.92 Å². The Kier molecular flexibility index (Phi) is 5.87. The normalized spacial score (nSPS) is 10.3. The predicted molar refractivity (Wildman–Crippen MR) is 93.3 cm³/mol. The summed E-state index contributed by atoms with van der Waals surface area (Å²) >= 11 is 1.49. The summed E-state index contributed by atoms with van der Waals surface area (Å²) < 4.78 is 10.8. The van der Waals surface area contributed by atoms with E-state index in [-0.39, 0.29) is 17.1 Å². The molecule has 0 aromatic heterocycles. The Hall–Kier alpha value is -2.47. The van der Waals surface area contributed by atoms with E-state index in [2.05, 4.69) is 0 Å². The molecule has 0 radical (unpaired) electrons. The highest BCUT2D eigenvalue weighted by molar-refractivity contribution is 7.97. The molecule has 0 unspecified atom stereocenters. The zero-order chi connectivity index (χ0) is 17.7. The van der Waals surface area contributed by atoms with Crippen molar-refractivity contribution in [3.05, 3.63) is 58.7 Å². The van der Waals surface area contributed by atoms with E-state index >= 15 is 0 Å². The highest BCUT2D eigenvalue weighted by atomic mass is 32.2. The van der Waals surface area contributed by atoms with Crippen LogP contribution in [0.25, 0.3) is 0 Å². The standard InChI is InChI=1S/C18H18O5S/c1-11-5-4-6-12(7-11)18(21)23-16-14(10-24-3)8-13(17(19)20)9-15(16)22-2/h4-9H,10H2,1-3H3,(H,19,20). The molecule has 0 amide bonds. The Morgan fingerprint density at radius 3 is 2.50 bits per heavy atom. The highest BCUT2D eigenvalue weighted by Crippen LogP contribution is 2.35. The van der Waals surface area contributed by atoms with E-state index < -0.39 is 11.9 Å². The van der Waals surface area contributed by atoms with Crippen molar-refractivity contribution in [2.45, 2.75) is 12.7 Å². The number of carbonyl (C=O) groups is 2. The van der Waals surface area contributed by atoms with Gasteiger partial charge in [0.15, 0.2) is 11.5 Å². The first-order valence-electron chi connectivity index (χ1n) is 7.18.